The monoisotopic (exact) mass is 626 g/mol. The molecule has 0 unspecified atom stereocenters. The van der Waals surface area contributed by atoms with Crippen LogP contribution in [0, 0.1) is 0 Å². The fourth-order valence-electron chi connectivity index (χ4n) is 4.83. The first kappa shape index (κ1) is 34.9. The van der Waals surface area contributed by atoms with Crippen molar-refractivity contribution in [3.8, 4) is 11.1 Å². The van der Waals surface area contributed by atoms with Crippen LogP contribution >= 0.6 is 0 Å². The van der Waals surface area contributed by atoms with E-state index >= 15 is 0 Å². The highest BCUT2D eigenvalue weighted by molar-refractivity contribution is 5.84. The maximum atomic E-state index is 13.2. The van der Waals surface area contributed by atoms with Gasteiger partial charge in [-0.05, 0) is 77.1 Å². The highest BCUT2D eigenvalue weighted by Crippen LogP contribution is 2.44. The highest BCUT2D eigenvalue weighted by atomic mass is 16.6. The topological polar surface area (TPSA) is 167 Å². The first-order valence-electron chi connectivity index (χ1n) is 14.7. The third-order valence-corrected chi connectivity index (χ3v) is 6.69. The van der Waals surface area contributed by atoms with Crippen LogP contribution in [-0.4, -0.2) is 71.2 Å². The number of carbonyl (C=O) groups is 5. The second-order valence-electron chi connectivity index (χ2n) is 12.8. The number of carboxylic acid groups (broad SMARTS) is 1. The van der Waals surface area contributed by atoms with E-state index in [-0.39, 0.29) is 25.4 Å². The average Bonchev–Trinajstić information content (AvgIpc) is 3.24. The Kier molecular flexibility index (Phi) is 11.2. The molecule has 1 aliphatic carbocycles. The Bertz CT molecular complexity index is 1360. The molecule has 0 spiro atoms. The van der Waals surface area contributed by atoms with Crippen LogP contribution in [-0.2, 0) is 33.3 Å². The van der Waals surface area contributed by atoms with Gasteiger partial charge in [0.2, 0.25) is 0 Å². The Morgan fingerprint density at radius 1 is 0.800 bits per heavy atom. The maximum Gasteiger partial charge on any atom is 0.408 e. The number of hydrogen-bond acceptors (Lipinski definition) is 9. The molecule has 2 aromatic rings. The minimum absolute atomic E-state index is 0.0228. The average molecular weight is 627 g/mol. The van der Waals surface area contributed by atoms with Gasteiger partial charge in [-0.25, -0.2) is 19.2 Å². The molecule has 0 bridgehead atoms. The molecule has 3 rings (SSSR count). The zero-order valence-electron chi connectivity index (χ0n) is 26.7. The molecule has 0 heterocycles. The molecule has 2 amide bonds. The summed E-state index contributed by atoms with van der Waals surface area (Å²) in [5, 5.41) is 14.3. The van der Waals surface area contributed by atoms with Gasteiger partial charge in [0, 0.05) is 12.3 Å². The molecule has 12 heteroatoms. The van der Waals surface area contributed by atoms with Gasteiger partial charge in [-0.2, -0.15) is 0 Å². The zero-order valence-corrected chi connectivity index (χ0v) is 26.7. The summed E-state index contributed by atoms with van der Waals surface area (Å²) in [7, 11) is 0. The molecule has 0 saturated heterocycles. The molecule has 1 aliphatic rings. The molecule has 0 aliphatic heterocycles. The molecular formula is C33H42N2O10. The van der Waals surface area contributed by atoms with E-state index in [0.717, 1.165) is 22.3 Å². The first-order valence-corrected chi connectivity index (χ1v) is 14.7. The minimum Gasteiger partial charge on any atom is -0.480 e. The van der Waals surface area contributed by atoms with Crippen LogP contribution in [0.4, 0.5) is 9.59 Å². The quantitative estimate of drug-likeness (QED) is 0.230. The molecular weight excluding hydrogens is 584 g/mol. The van der Waals surface area contributed by atoms with Crippen LogP contribution in [0.3, 0.4) is 0 Å². The number of carbonyl (C=O) groups excluding carboxylic acids is 4. The lowest BCUT2D eigenvalue weighted by molar-refractivity contribution is -0.157. The number of fused-ring (bicyclic) bond motifs is 3. The Morgan fingerprint density at radius 2 is 1.33 bits per heavy atom. The Labute approximate surface area is 262 Å². The van der Waals surface area contributed by atoms with Crippen LogP contribution in [0.25, 0.3) is 11.1 Å². The smallest absolute Gasteiger partial charge is 0.408 e. The van der Waals surface area contributed by atoms with Crippen LogP contribution < -0.4 is 10.6 Å². The van der Waals surface area contributed by atoms with E-state index in [4.69, 9.17) is 18.9 Å². The fourth-order valence-corrected chi connectivity index (χ4v) is 4.83. The lowest BCUT2D eigenvalue weighted by Crippen LogP contribution is -2.52. The molecule has 0 fully saturated rings. The third kappa shape index (κ3) is 10.2. The number of esters is 2. The number of rotatable bonds is 11. The highest BCUT2D eigenvalue weighted by Gasteiger charge is 2.35. The zero-order chi connectivity index (χ0) is 33.5. The lowest BCUT2D eigenvalue weighted by atomic mass is 9.98. The van der Waals surface area contributed by atoms with E-state index in [1.807, 2.05) is 48.5 Å². The van der Waals surface area contributed by atoms with E-state index < -0.39 is 59.5 Å². The lowest BCUT2D eigenvalue weighted by Gasteiger charge is -2.26. The normalized spacial score (nSPS) is 14.6. The summed E-state index contributed by atoms with van der Waals surface area (Å²) in [5.74, 6) is -3.35. The van der Waals surface area contributed by atoms with Crippen molar-refractivity contribution in [3.63, 3.8) is 0 Å². The second-order valence-corrected chi connectivity index (χ2v) is 12.8. The molecule has 3 atom stereocenters. The van der Waals surface area contributed by atoms with Gasteiger partial charge >= 0.3 is 30.1 Å². The summed E-state index contributed by atoms with van der Waals surface area (Å²) in [4.78, 5) is 62.7. The molecule has 244 valence electrons. The summed E-state index contributed by atoms with van der Waals surface area (Å²) in [6.07, 6.45) is -3.81. The number of benzene rings is 2. The molecule has 3 N–H and O–H groups in total. The van der Waals surface area contributed by atoms with Crippen molar-refractivity contribution in [3.05, 3.63) is 59.7 Å². The Balaban J connectivity index is 1.71. The Hall–Kier alpha value is -4.61. The maximum absolute atomic E-state index is 13.2. The summed E-state index contributed by atoms with van der Waals surface area (Å²) in [5.41, 5.74) is 2.42. The largest absolute Gasteiger partial charge is 0.480 e. The van der Waals surface area contributed by atoms with Gasteiger partial charge in [0.15, 0.2) is 6.04 Å². The number of aliphatic carboxylic acids is 1. The summed E-state index contributed by atoms with van der Waals surface area (Å²) in [6.45, 7) is 11.1. The van der Waals surface area contributed by atoms with Gasteiger partial charge in [-0.15, -0.1) is 0 Å². The van der Waals surface area contributed by atoms with Gasteiger partial charge in [-0.1, -0.05) is 48.5 Å². The van der Waals surface area contributed by atoms with Crippen molar-refractivity contribution < 1.29 is 48.0 Å². The van der Waals surface area contributed by atoms with Crippen molar-refractivity contribution in [1.29, 1.82) is 0 Å². The van der Waals surface area contributed by atoms with E-state index in [1.165, 1.54) is 6.92 Å². The SMILES string of the molecule is C[C@@H](OC(=O)[C@H](CCC(=O)OC(C)(C)C)NC(=O)OCC1c2ccccc2-c2ccccc21)[C@H](NC(=O)OC(C)(C)C)C(=O)O. The fraction of sp³-hybridized carbons (Fsp3) is 0.485. The van der Waals surface area contributed by atoms with Crippen molar-refractivity contribution in [2.24, 2.45) is 0 Å². The van der Waals surface area contributed by atoms with Crippen molar-refractivity contribution in [2.75, 3.05) is 6.61 Å². The number of hydrogen-bond donors (Lipinski definition) is 3. The molecule has 0 radical (unpaired) electrons. The molecule has 0 saturated carbocycles. The van der Waals surface area contributed by atoms with Crippen LogP contribution in [0.2, 0.25) is 0 Å². The minimum atomic E-state index is -1.66. The third-order valence-electron chi connectivity index (χ3n) is 6.69. The van der Waals surface area contributed by atoms with Crippen LogP contribution in [0.5, 0.6) is 0 Å². The standard InChI is InChI=1S/C33H42N2O10/c1-19(27(28(37)38)35-31(41)45-33(5,6)7)43-29(39)25(16-17-26(36)44-32(2,3)4)34-30(40)42-18-24-22-14-10-8-12-20(22)21-13-9-11-15-23(21)24/h8-15,19,24-25,27H,16-18H2,1-7H3,(H,34,40)(H,35,41)(H,37,38)/t19-,25+,27+/m1/s1. The van der Waals surface area contributed by atoms with E-state index in [0.29, 0.717) is 0 Å². The van der Waals surface area contributed by atoms with Gasteiger partial charge < -0.3 is 34.7 Å². The number of ether oxygens (including phenoxy) is 4. The van der Waals surface area contributed by atoms with Crippen molar-refractivity contribution >= 4 is 30.1 Å². The summed E-state index contributed by atoms with van der Waals surface area (Å²) < 4.78 is 21.3. The number of nitrogens with one attached hydrogen (secondary N) is 2. The Morgan fingerprint density at radius 3 is 1.84 bits per heavy atom. The summed E-state index contributed by atoms with van der Waals surface area (Å²) >= 11 is 0. The van der Waals surface area contributed by atoms with Gasteiger partial charge in [0.25, 0.3) is 0 Å². The van der Waals surface area contributed by atoms with Gasteiger partial charge in [0.05, 0.1) is 0 Å². The molecule has 12 nitrogen and oxygen atoms in total. The first-order chi connectivity index (χ1) is 20.9. The van der Waals surface area contributed by atoms with Crippen molar-refractivity contribution in [1.82, 2.24) is 10.6 Å². The van der Waals surface area contributed by atoms with Crippen molar-refractivity contribution in [2.45, 2.75) is 96.6 Å². The van der Waals surface area contributed by atoms with Crippen LogP contribution in [0.1, 0.15) is 78.4 Å². The van der Waals surface area contributed by atoms with Gasteiger partial charge in [0.1, 0.15) is 30.0 Å². The predicted molar refractivity (Wildman–Crippen MR) is 163 cm³/mol. The molecule has 45 heavy (non-hydrogen) atoms. The van der Waals surface area contributed by atoms with E-state index in [9.17, 15) is 29.1 Å². The predicted octanol–water partition coefficient (Wildman–Crippen LogP) is 4.93. The van der Waals surface area contributed by atoms with Gasteiger partial charge in [-0.3, -0.25) is 4.79 Å². The number of alkyl carbamates (subject to hydrolysis) is 2. The molecule has 0 aromatic heterocycles. The number of amides is 2. The second kappa shape index (κ2) is 14.4. The number of carboxylic acids is 1. The van der Waals surface area contributed by atoms with E-state index in [2.05, 4.69) is 10.6 Å². The van der Waals surface area contributed by atoms with Crippen LogP contribution in [0.15, 0.2) is 48.5 Å². The van der Waals surface area contributed by atoms with E-state index in [1.54, 1.807) is 41.5 Å². The molecule has 2 aromatic carbocycles. The summed E-state index contributed by atoms with van der Waals surface area (Å²) in [6, 6.07) is 12.6.